The van der Waals surface area contributed by atoms with Crippen LogP contribution in [-0.4, -0.2) is 30.7 Å². The number of ether oxygens (including phenoxy) is 1. The van der Waals surface area contributed by atoms with Crippen molar-refractivity contribution in [2.45, 2.75) is 6.54 Å². The molecule has 0 fully saturated rings. The Hall–Kier alpha value is -2.59. The van der Waals surface area contributed by atoms with E-state index in [4.69, 9.17) is 4.74 Å². The molecule has 0 saturated heterocycles. The molecular weight excluding hydrogens is 288 g/mol. The molecule has 4 heteroatoms. The maximum atomic E-state index is 12.4. The fourth-order valence-electron chi connectivity index (χ4n) is 2.70. The van der Waals surface area contributed by atoms with Crippen molar-refractivity contribution in [3.8, 4) is 0 Å². The molecule has 0 unspecified atom stereocenters. The van der Waals surface area contributed by atoms with Crippen molar-refractivity contribution in [2.75, 3.05) is 20.3 Å². The van der Waals surface area contributed by atoms with Crippen molar-refractivity contribution >= 4 is 16.8 Å². The maximum Gasteiger partial charge on any atom is 0.253 e. The van der Waals surface area contributed by atoms with Crippen LogP contribution in [0.5, 0.6) is 0 Å². The van der Waals surface area contributed by atoms with Gasteiger partial charge in [0, 0.05) is 37.3 Å². The molecule has 0 spiro atoms. The number of amides is 1. The lowest BCUT2D eigenvalue weighted by molar-refractivity contribution is 0.0938. The van der Waals surface area contributed by atoms with Gasteiger partial charge in [-0.25, -0.2) is 0 Å². The number of benzene rings is 2. The quantitative estimate of drug-likeness (QED) is 0.711. The van der Waals surface area contributed by atoms with Crippen LogP contribution < -0.4 is 5.32 Å². The fraction of sp³-hybridized carbons (Fsp3) is 0.211. The molecule has 2 aromatic carbocycles. The molecule has 1 heterocycles. The third-order valence-electron chi connectivity index (χ3n) is 3.82. The van der Waals surface area contributed by atoms with Gasteiger partial charge >= 0.3 is 0 Å². The lowest BCUT2D eigenvalue weighted by Gasteiger charge is -2.05. The number of carbonyl (C=O) groups is 1. The molecule has 1 amide bonds. The van der Waals surface area contributed by atoms with E-state index in [9.17, 15) is 4.79 Å². The summed E-state index contributed by atoms with van der Waals surface area (Å²) in [5.74, 6) is -0.0648. The van der Waals surface area contributed by atoms with E-state index in [1.807, 2.05) is 48.7 Å². The number of hydrogen-bond acceptors (Lipinski definition) is 2. The van der Waals surface area contributed by atoms with Crippen molar-refractivity contribution in [2.24, 2.45) is 0 Å². The monoisotopic (exact) mass is 308 g/mol. The smallest absolute Gasteiger partial charge is 0.253 e. The summed E-state index contributed by atoms with van der Waals surface area (Å²) >= 11 is 0. The summed E-state index contributed by atoms with van der Waals surface area (Å²) in [6, 6.07) is 18.2. The highest BCUT2D eigenvalue weighted by molar-refractivity contribution is 6.07. The van der Waals surface area contributed by atoms with Crippen LogP contribution in [0, 0.1) is 0 Å². The molecule has 0 aliphatic carbocycles. The lowest BCUT2D eigenvalue weighted by atomic mass is 10.1. The molecule has 0 radical (unpaired) electrons. The van der Waals surface area contributed by atoms with Gasteiger partial charge < -0.3 is 14.6 Å². The number of nitrogens with zero attached hydrogens (tertiary/aromatic N) is 1. The van der Waals surface area contributed by atoms with Gasteiger partial charge in [-0.3, -0.25) is 4.79 Å². The number of hydrogen-bond donors (Lipinski definition) is 1. The second-order valence-corrected chi connectivity index (χ2v) is 5.42. The Morgan fingerprint density at radius 2 is 1.83 bits per heavy atom. The van der Waals surface area contributed by atoms with Crippen LogP contribution in [0.25, 0.3) is 10.9 Å². The van der Waals surface area contributed by atoms with E-state index in [2.05, 4.69) is 22.0 Å². The average Bonchev–Trinajstić information content (AvgIpc) is 2.95. The van der Waals surface area contributed by atoms with E-state index >= 15 is 0 Å². The van der Waals surface area contributed by atoms with Crippen LogP contribution in [0.4, 0.5) is 0 Å². The molecule has 1 N–H and O–H groups in total. The fourth-order valence-corrected chi connectivity index (χ4v) is 2.70. The Balaban J connectivity index is 1.92. The first-order valence-electron chi connectivity index (χ1n) is 7.68. The number of nitrogens with one attached hydrogen (secondary N) is 1. The van der Waals surface area contributed by atoms with Gasteiger partial charge in [0.15, 0.2) is 0 Å². The number of aromatic nitrogens is 1. The standard InChI is InChI=1S/C19H20N2O2/c1-23-12-11-20-19(22)17-14-21(13-15-7-3-2-4-8-15)18-10-6-5-9-16(17)18/h2-10,14H,11-13H2,1H3,(H,20,22). The zero-order valence-electron chi connectivity index (χ0n) is 13.2. The predicted molar refractivity (Wildman–Crippen MR) is 91.7 cm³/mol. The normalized spacial score (nSPS) is 10.8. The van der Waals surface area contributed by atoms with Crippen LogP contribution >= 0.6 is 0 Å². The topological polar surface area (TPSA) is 43.3 Å². The second-order valence-electron chi connectivity index (χ2n) is 5.42. The van der Waals surface area contributed by atoms with Gasteiger partial charge in [-0.05, 0) is 11.6 Å². The average molecular weight is 308 g/mol. The van der Waals surface area contributed by atoms with Crippen molar-refractivity contribution in [3.05, 3.63) is 71.9 Å². The minimum atomic E-state index is -0.0648. The Morgan fingerprint density at radius 3 is 2.61 bits per heavy atom. The van der Waals surface area contributed by atoms with Gasteiger partial charge in [0.1, 0.15) is 0 Å². The molecule has 0 aliphatic heterocycles. The first kappa shape index (κ1) is 15.3. The molecule has 23 heavy (non-hydrogen) atoms. The van der Waals surface area contributed by atoms with E-state index in [1.54, 1.807) is 7.11 Å². The van der Waals surface area contributed by atoms with Crippen molar-refractivity contribution < 1.29 is 9.53 Å². The molecule has 0 saturated carbocycles. The summed E-state index contributed by atoms with van der Waals surface area (Å²) < 4.78 is 7.10. The SMILES string of the molecule is COCCNC(=O)c1cn(Cc2ccccc2)c2ccccc12. The van der Waals surface area contributed by atoms with Crippen LogP contribution in [0.15, 0.2) is 60.8 Å². The first-order valence-corrected chi connectivity index (χ1v) is 7.68. The van der Waals surface area contributed by atoms with E-state index in [1.165, 1.54) is 5.56 Å². The molecule has 0 aliphatic rings. The van der Waals surface area contributed by atoms with Gasteiger partial charge in [0.25, 0.3) is 5.91 Å². The van der Waals surface area contributed by atoms with Crippen molar-refractivity contribution in [1.82, 2.24) is 9.88 Å². The number of carbonyl (C=O) groups excluding carboxylic acids is 1. The summed E-state index contributed by atoms with van der Waals surface area (Å²) in [5.41, 5.74) is 2.97. The highest BCUT2D eigenvalue weighted by Gasteiger charge is 2.14. The summed E-state index contributed by atoms with van der Waals surface area (Å²) in [5, 5.41) is 3.86. The third kappa shape index (κ3) is 3.43. The molecule has 3 rings (SSSR count). The molecule has 1 aromatic heterocycles. The number of methoxy groups -OCH3 is 1. The number of para-hydroxylation sites is 1. The Kier molecular flexibility index (Phi) is 4.74. The summed E-state index contributed by atoms with van der Waals surface area (Å²) in [4.78, 5) is 12.4. The highest BCUT2D eigenvalue weighted by Crippen LogP contribution is 2.22. The van der Waals surface area contributed by atoms with E-state index in [0.717, 1.165) is 17.4 Å². The van der Waals surface area contributed by atoms with Crippen LogP contribution in [0.3, 0.4) is 0 Å². The van der Waals surface area contributed by atoms with Gasteiger partial charge in [-0.2, -0.15) is 0 Å². The van der Waals surface area contributed by atoms with E-state index < -0.39 is 0 Å². The highest BCUT2D eigenvalue weighted by atomic mass is 16.5. The van der Waals surface area contributed by atoms with Gasteiger partial charge in [-0.15, -0.1) is 0 Å². The number of fused-ring (bicyclic) bond motifs is 1. The molecule has 4 nitrogen and oxygen atoms in total. The molecule has 0 bridgehead atoms. The van der Waals surface area contributed by atoms with Gasteiger partial charge in [-0.1, -0.05) is 48.5 Å². The van der Waals surface area contributed by atoms with Crippen LogP contribution in [0.1, 0.15) is 15.9 Å². The maximum absolute atomic E-state index is 12.4. The van der Waals surface area contributed by atoms with Gasteiger partial charge in [0.2, 0.25) is 0 Å². The van der Waals surface area contributed by atoms with Crippen LogP contribution in [-0.2, 0) is 11.3 Å². The molecule has 0 atom stereocenters. The lowest BCUT2D eigenvalue weighted by Crippen LogP contribution is -2.26. The minimum Gasteiger partial charge on any atom is -0.383 e. The molecular formula is C19H20N2O2. The van der Waals surface area contributed by atoms with Crippen molar-refractivity contribution in [3.63, 3.8) is 0 Å². The zero-order chi connectivity index (χ0) is 16.1. The van der Waals surface area contributed by atoms with Crippen molar-refractivity contribution in [1.29, 1.82) is 0 Å². The molecule has 3 aromatic rings. The Labute approximate surface area is 135 Å². The first-order chi connectivity index (χ1) is 11.3. The van der Waals surface area contributed by atoms with Gasteiger partial charge in [0.05, 0.1) is 12.2 Å². The second kappa shape index (κ2) is 7.11. The Bertz CT molecular complexity index is 793. The van der Waals surface area contributed by atoms with E-state index in [0.29, 0.717) is 18.7 Å². The summed E-state index contributed by atoms with van der Waals surface area (Å²) in [7, 11) is 1.62. The Morgan fingerprint density at radius 1 is 1.09 bits per heavy atom. The summed E-state index contributed by atoms with van der Waals surface area (Å²) in [6.07, 6.45) is 1.93. The summed E-state index contributed by atoms with van der Waals surface area (Å²) in [6.45, 7) is 1.76. The third-order valence-corrected chi connectivity index (χ3v) is 3.82. The van der Waals surface area contributed by atoms with E-state index in [-0.39, 0.29) is 5.91 Å². The largest absolute Gasteiger partial charge is 0.383 e. The van der Waals surface area contributed by atoms with Crippen LogP contribution in [0.2, 0.25) is 0 Å². The number of rotatable bonds is 6. The zero-order valence-corrected chi connectivity index (χ0v) is 13.2. The minimum absolute atomic E-state index is 0.0648. The predicted octanol–water partition coefficient (Wildman–Crippen LogP) is 3.07. The molecule has 118 valence electrons.